The van der Waals surface area contributed by atoms with Crippen molar-refractivity contribution in [1.82, 2.24) is 14.5 Å². The Kier molecular flexibility index (Phi) is 10.3. The Labute approximate surface area is 296 Å². The largest absolute Gasteiger partial charge is 0.465 e. The van der Waals surface area contributed by atoms with Gasteiger partial charge in [-0.25, -0.2) is 14.6 Å². The maximum Gasteiger partial charge on any atom is 0.415 e. The van der Waals surface area contributed by atoms with E-state index < -0.39 is 35.3 Å². The van der Waals surface area contributed by atoms with Crippen LogP contribution < -0.4 is 10.3 Å². The summed E-state index contributed by atoms with van der Waals surface area (Å²) in [5.74, 6) is -0.611. The van der Waals surface area contributed by atoms with Crippen LogP contribution in [0, 0.1) is 11.3 Å². The van der Waals surface area contributed by atoms with Crippen molar-refractivity contribution >= 4 is 28.9 Å². The number of aryl methyl sites for hydroxylation is 1. The van der Waals surface area contributed by atoms with E-state index in [9.17, 15) is 29.4 Å². The summed E-state index contributed by atoms with van der Waals surface area (Å²) in [6, 6.07) is 7.00. The zero-order valence-electron chi connectivity index (χ0n) is 30.0. The molecule has 0 spiro atoms. The summed E-state index contributed by atoms with van der Waals surface area (Å²) in [5.41, 5.74) is 0.813. The van der Waals surface area contributed by atoms with Crippen LogP contribution in [0.1, 0.15) is 89.0 Å². The maximum absolute atomic E-state index is 13.6. The highest BCUT2D eigenvalue weighted by Crippen LogP contribution is 2.41. The van der Waals surface area contributed by atoms with E-state index >= 15 is 0 Å². The summed E-state index contributed by atoms with van der Waals surface area (Å²) in [4.78, 5) is 58.8. The molecule has 0 saturated carbocycles. The number of hydrogen-bond donors (Lipinski definition) is 2. The highest BCUT2D eigenvalue weighted by atomic mass is 16.6. The molecule has 3 atom stereocenters. The van der Waals surface area contributed by atoms with Crippen molar-refractivity contribution in [3.63, 3.8) is 0 Å². The lowest BCUT2D eigenvalue weighted by Crippen LogP contribution is -2.44. The number of aliphatic hydroxyl groups excluding tert-OH is 1. The van der Waals surface area contributed by atoms with Crippen LogP contribution in [0.15, 0.2) is 29.1 Å². The van der Waals surface area contributed by atoms with Gasteiger partial charge in [-0.2, -0.15) is 0 Å². The van der Waals surface area contributed by atoms with Gasteiger partial charge >= 0.3 is 18.0 Å². The molecule has 13 heteroatoms. The first-order chi connectivity index (χ1) is 24.4. The van der Waals surface area contributed by atoms with E-state index in [-0.39, 0.29) is 55.4 Å². The summed E-state index contributed by atoms with van der Waals surface area (Å²) in [5, 5.41) is 22.6. The number of carbonyl (C=O) groups is 3. The minimum Gasteiger partial charge on any atom is -0.465 e. The minimum absolute atomic E-state index is 0.0655. The molecule has 1 saturated heterocycles. The van der Waals surface area contributed by atoms with Gasteiger partial charge in [0.1, 0.15) is 17.8 Å². The molecule has 0 bridgehead atoms. The highest BCUT2D eigenvalue weighted by molar-refractivity contribution is 5.90. The monoisotopic (exact) mass is 705 g/mol. The van der Waals surface area contributed by atoms with E-state index in [2.05, 4.69) is 0 Å². The van der Waals surface area contributed by atoms with Gasteiger partial charge in [0.2, 0.25) is 0 Å². The lowest BCUT2D eigenvalue weighted by Gasteiger charge is -2.35. The number of hydrogen-bond acceptors (Lipinski definition) is 11. The Bertz CT molecular complexity index is 1920. The first-order valence-electron chi connectivity index (χ1n) is 18.0. The number of ether oxygens (including phenoxy) is 4. The second kappa shape index (κ2) is 14.4. The molecule has 1 amide bonds. The maximum atomic E-state index is 13.6. The van der Waals surface area contributed by atoms with Crippen LogP contribution in [0.3, 0.4) is 0 Å². The number of pyridine rings is 2. The molecule has 274 valence electrons. The van der Waals surface area contributed by atoms with Gasteiger partial charge in [0.15, 0.2) is 11.9 Å². The molecule has 51 heavy (non-hydrogen) atoms. The molecule has 1 fully saturated rings. The van der Waals surface area contributed by atoms with E-state index in [4.69, 9.17) is 23.9 Å². The van der Waals surface area contributed by atoms with Gasteiger partial charge in [0.25, 0.3) is 5.56 Å². The van der Waals surface area contributed by atoms with Crippen molar-refractivity contribution in [3.05, 3.63) is 56.9 Å². The second-order valence-corrected chi connectivity index (χ2v) is 13.8. The number of aliphatic hydroxyl groups is 2. The predicted octanol–water partition coefficient (Wildman–Crippen LogP) is 4.56. The summed E-state index contributed by atoms with van der Waals surface area (Å²) in [6.07, 6.45) is 1.51. The van der Waals surface area contributed by atoms with Crippen LogP contribution >= 0.6 is 0 Å². The van der Waals surface area contributed by atoms with Crippen LogP contribution in [0.5, 0.6) is 5.75 Å². The first kappa shape index (κ1) is 36.5. The van der Waals surface area contributed by atoms with Crippen molar-refractivity contribution in [2.45, 2.75) is 98.2 Å². The van der Waals surface area contributed by atoms with Gasteiger partial charge in [-0.05, 0) is 95.0 Å². The number of fused-ring (bicyclic) bond motifs is 5. The van der Waals surface area contributed by atoms with Crippen LogP contribution in [0.2, 0.25) is 0 Å². The number of benzene rings is 1. The number of aromatic nitrogens is 2. The molecule has 13 nitrogen and oxygen atoms in total. The third kappa shape index (κ3) is 6.40. The average Bonchev–Trinajstić information content (AvgIpc) is 3.50. The SMILES string of the molecule is CCOC(=O)C(C)(CCC1CCN(C(=O)Oc2ccc3nc4c(c(CC)c3c2)Cn2c-4cc3c(c2=O)COC(=O)C3(O)CC)CC1)C(O)OCC. The van der Waals surface area contributed by atoms with Crippen LogP contribution in [-0.4, -0.2) is 75.3 Å². The average molecular weight is 706 g/mol. The van der Waals surface area contributed by atoms with Crippen molar-refractivity contribution in [1.29, 1.82) is 0 Å². The van der Waals surface area contributed by atoms with E-state index in [1.54, 1.807) is 55.4 Å². The van der Waals surface area contributed by atoms with E-state index in [0.29, 0.717) is 55.0 Å². The van der Waals surface area contributed by atoms with Gasteiger partial charge in [0.05, 0.1) is 35.6 Å². The molecule has 3 unspecified atom stereocenters. The molecule has 6 rings (SSSR count). The standard InChI is InChI=1S/C38H47N3O10/c1-6-24-25-18-23(51-36(46)40-16-13-22(14-17-40)12-15-37(5,33(43)48-8-3)34(44)49-9-4)10-11-29(25)39-31-26(24)20-41-30(31)19-28-27(32(41)42)21-50-35(45)38(28,47)7-2/h10-11,18-19,22,33,43,47H,6-9,12-17,20-21H2,1-5H3. The molecular weight excluding hydrogens is 658 g/mol. The Hall–Kier alpha value is -4.33. The van der Waals surface area contributed by atoms with Crippen molar-refractivity contribution in [2.24, 2.45) is 11.3 Å². The fourth-order valence-corrected chi connectivity index (χ4v) is 7.65. The minimum atomic E-state index is -1.90. The quantitative estimate of drug-likeness (QED) is 0.166. The lowest BCUT2D eigenvalue weighted by atomic mass is 9.80. The van der Waals surface area contributed by atoms with E-state index in [1.807, 2.05) is 13.0 Å². The number of carbonyl (C=O) groups excluding carboxylic acids is 3. The number of nitrogens with zero attached hydrogens (tertiary/aromatic N) is 3. The molecule has 3 aliphatic heterocycles. The molecular formula is C38H47N3O10. The van der Waals surface area contributed by atoms with Crippen LogP contribution in [0.25, 0.3) is 22.3 Å². The number of likely N-dealkylation sites (tertiary alicyclic amines) is 1. The Balaban J connectivity index is 1.16. The fourth-order valence-electron chi connectivity index (χ4n) is 7.65. The van der Waals surface area contributed by atoms with Gasteiger partial charge in [-0.1, -0.05) is 13.8 Å². The molecule has 1 aromatic carbocycles. The first-order valence-corrected chi connectivity index (χ1v) is 18.0. The zero-order chi connectivity index (χ0) is 36.7. The van der Waals surface area contributed by atoms with Gasteiger partial charge in [0, 0.05) is 36.2 Å². The summed E-state index contributed by atoms with van der Waals surface area (Å²) in [7, 11) is 0. The Morgan fingerprint density at radius 2 is 1.84 bits per heavy atom. The smallest absolute Gasteiger partial charge is 0.415 e. The number of cyclic esters (lactones) is 1. The molecule has 2 aromatic heterocycles. The lowest BCUT2D eigenvalue weighted by molar-refractivity contribution is -0.199. The van der Waals surface area contributed by atoms with E-state index in [1.165, 1.54) is 0 Å². The summed E-state index contributed by atoms with van der Waals surface area (Å²) >= 11 is 0. The third-order valence-electron chi connectivity index (χ3n) is 10.9. The highest BCUT2D eigenvalue weighted by Gasteiger charge is 2.46. The van der Waals surface area contributed by atoms with Crippen molar-refractivity contribution < 1.29 is 43.5 Å². The fraction of sp³-hybridized carbons (Fsp3) is 0.553. The number of rotatable bonds is 11. The molecule has 3 aliphatic rings. The van der Waals surface area contributed by atoms with Crippen molar-refractivity contribution in [3.8, 4) is 17.1 Å². The predicted molar refractivity (Wildman–Crippen MR) is 186 cm³/mol. The Morgan fingerprint density at radius 3 is 2.51 bits per heavy atom. The Morgan fingerprint density at radius 1 is 1.10 bits per heavy atom. The molecule has 3 aromatic rings. The molecule has 2 N–H and O–H groups in total. The third-order valence-corrected chi connectivity index (χ3v) is 10.9. The molecule has 0 aliphatic carbocycles. The normalized spacial score (nSPS) is 20.2. The van der Waals surface area contributed by atoms with Gasteiger partial charge < -0.3 is 38.6 Å². The zero-order valence-corrected chi connectivity index (χ0v) is 30.0. The molecule has 0 radical (unpaired) electrons. The van der Waals surface area contributed by atoms with Gasteiger partial charge in [-0.3, -0.25) is 9.59 Å². The van der Waals surface area contributed by atoms with Crippen LogP contribution in [0.4, 0.5) is 4.79 Å². The number of piperidine rings is 1. The van der Waals surface area contributed by atoms with Gasteiger partial charge in [-0.15, -0.1) is 0 Å². The topological polar surface area (TPSA) is 167 Å². The number of esters is 2. The van der Waals surface area contributed by atoms with Crippen LogP contribution in [-0.2, 0) is 49.0 Å². The number of amides is 1. The summed E-state index contributed by atoms with van der Waals surface area (Å²) < 4.78 is 23.3. The van der Waals surface area contributed by atoms with Crippen molar-refractivity contribution in [2.75, 3.05) is 26.3 Å². The second-order valence-electron chi connectivity index (χ2n) is 13.8. The van der Waals surface area contributed by atoms with E-state index in [0.717, 1.165) is 29.4 Å². The molecule has 5 heterocycles. The summed E-state index contributed by atoms with van der Waals surface area (Å²) in [6.45, 7) is 10.4.